The number of carbonyl (C=O) groups excluding carboxylic acids is 1. The SMILES string of the molecule is Cc1ccc(C)n1NC(=O)C(N)c1ccccc1. The van der Waals surface area contributed by atoms with Gasteiger partial charge in [-0.25, -0.2) is 0 Å². The number of rotatable bonds is 3. The van der Waals surface area contributed by atoms with E-state index in [1.807, 2.05) is 56.3 Å². The monoisotopic (exact) mass is 243 g/mol. The molecular formula is C14H17N3O. The number of aryl methyl sites for hydroxylation is 2. The molecule has 0 aliphatic rings. The van der Waals surface area contributed by atoms with Crippen molar-refractivity contribution >= 4 is 5.91 Å². The Bertz CT molecular complexity index is 526. The zero-order valence-corrected chi connectivity index (χ0v) is 10.6. The molecule has 1 heterocycles. The van der Waals surface area contributed by atoms with Gasteiger partial charge in [0.25, 0.3) is 5.91 Å². The molecule has 3 N–H and O–H groups in total. The van der Waals surface area contributed by atoms with Gasteiger partial charge in [-0.1, -0.05) is 30.3 Å². The average Bonchev–Trinajstić information content (AvgIpc) is 2.70. The summed E-state index contributed by atoms with van der Waals surface area (Å²) >= 11 is 0. The number of nitrogens with one attached hydrogen (secondary N) is 1. The first-order valence-corrected chi connectivity index (χ1v) is 5.86. The molecule has 94 valence electrons. The van der Waals surface area contributed by atoms with E-state index in [-0.39, 0.29) is 5.91 Å². The van der Waals surface area contributed by atoms with Gasteiger partial charge < -0.3 is 5.73 Å². The third-order valence-corrected chi connectivity index (χ3v) is 2.93. The molecule has 1 atom stereocenters. The molecule has 0 bridgehead atoms. The lowest BCUT2D eigenvalue weighted by Gasteiger charge is -2.15. The van der Waals surface area contributed by atoms with Crippen molar-refractivity contribution in [1.29, 1.82) is 0 Å². The van der Waals surface area contributed by atoms with Gasteiger partial charge in [0.1, 0.15) is 6.04 Å². The molecule has 2 rings (SSSR count). The summed E-state index contributed by atoms with van der Waals surface area (Å²) in [5.41, 5.74) is 11.5. The summed E-state index contributed by atoms with van der Waals surface area (Å²) in [6.07, 6.45) is 0. The molecule has 0 saturated heterocycles. The fraction of sp³-hybridized carbons (Fsp3) is 0.214. The maximum absolute atomic E-state index is 12.1. The first-order valence-electron chi connectivity index (χ1n) is 5.86. The maximum Gasteiger partial charge on any atom is 0.260 e. The van der Waals surface area contributed by atoms with Gasteiger partial charge in [-0.15, -0.1) is 0 Å². The second-order valence-electron chi connectivity index (χ2n) is 4.32. The fourth-order valence-corrected chi connectivity index (χ4v) is 1.84. The molecular weight excluding hydrogens is 226 g/mol. The number of benzene rings is 1. The van der Waals surface area contributed by atoms with Crippen LogP contribution in [0.1, 0.15) is 23.0 Å². The van der Waals surface area contributed by atoms with Crippen LogP contribution in [0, 0.1) is 13.8 Å². The van der Waals surface area contributed by atoms with Crippen LogP contribution < -0.4 is 11.2 Å². The molecule has 1 aromatic heterocycles. The second-order valence-corrected chi connectivity index (χ2v) is 4.32. The number of nitrogens with zero attached hydrogens (tertiary/aromatic N) is 1. The molecule has 0 aliphatic heterocycles. The van der Waals surface area contributed by atoms with Crippen molar-refractivity contribution in [2.75, 3.05) is 5.43 Å². The zero-order chi connectivity index (χ0) is 13.1. The van der Waals surface area contributed by atoms with E-state index in [9.17, 15) is 4.79 Å². The van der Waals surface area contributed by atoms with Crippen molar-refractivity contribution in [3.05, 3.63) is 59.4 Å². The highest BCUT2D eigenvalue weighted by Gasteiger charge is 2.16. The number of nitrogens with two attached hydrogens (primary N) is 1. The minimum atomic E-state index is -0.660. The third-order valence-electron chi connectivity index (χ3n) is 2.93. The topological polar surface area (TPSA) is 60.0 Å². The Morgan fingerprint density at radius 1 is 1.11 bits per heavy atom. The molecule has 1 aromatic carbocycles. The van der Waals surface area contributed by atoms with E-state index in [1.165, 1.54) is 0 Å². The summed E-state index contributed by atoms with van der Waals surface area (Å²) in [4.78, 5) is 12.1. The van der Waals surface area contributed by atoms with Crippen LogP contribution in [-0.2, 0) is 4.79 Å². The van der Waals surface area contributed by atoms with Gasteiger partial charge in [0, 0.05) is 11.4 Å². The summed E-state index contributed by atoms with van der Waals surface area (Å²) in [5.74, 6) is -0.219. The van der Waals surface area contributed by atoms with Gasteiger partial charge in [0.15, 0.2) is 0 Å². The Kier molecular flexibility index (Phi) is 3.48. The number of hydrogen-bond donors (Lipinski definition) is 2. The minimum Gasteiger partial charge on any atom is -0.316 e. The molecule has 4 nitrogen and oxygen atoms in total. The molecule has 4 heteroatoms. The summed E-state index contributed by atoms with van der Waals surface area (Å²) < 4.78 is 1.74. The molecule has 0 radical (unpaired) electrons. The van der Waals surface area contributed by atoms with Crippen molar-refractivity contribution in [3.8, 4) is 0 Å². The highest BCUT2D eigenvalue weighted by atomic mass is 16.2. The highest BCUT2D eigenvalue weighted by Crippen LogP contribution is 2.11. The van der Waals surface area contributed by atoms with E-state index in [4.69, 9.17) is 5.73 Å². The summed E-state index contributed by atoms with van der Waals surface area (Å²) in [6.45, 7) is 3.86. The Balaban J connectivity index is 2.14. The lowest BCUT2D eigenvalue weighted by Crippen LogP contribution is -2.33. The minimum absolute atomic E-state index is 0.219. The number of hydrogen-bond acceptors (Lipinski definition) is 2. The third kappa shape index (κ3) is 2.43. The molecule has 0 fully saturated rings. The smallest absolute Gasteiger partial charge is 0.260 e. The van der Waals surface area contributed by atoms with E-state index in [0.717, 1.165) is 17.0 Å². The van der Waals surface area contributed by atoms with Gasteiger partial charge in [-0.3, -0.25) is 14.9 Å². The lowest BCUT2D eigenvalue weighted by molar-refractivity contribution is -0.118. The second kappa shape index (κ2) is 5.06. The van der Waals surface area contributed by atoms with Crippen LogP contribution >= 0.6 is 0 Å². The van der Waals surface area contributed by atoms with Gasteiger partial charge in [0.2, 0.25) is 0 Å². The van der Waals surface area contributed by atoms with Crippen LogP contribution in [0.3, 0.4) is 0 Å². The van der Waals surface area contributed by atoms with Crippen molar-refractivity contribution in [2.24, 2.45) is 5.73 Å². The van der Waals surface area contributed by atoms with Crippen molar-refractivity contribution in [3.63, 3.8) is 0 Å². The van der Waals surface area contributed by atoms with E-state index in [1.54, 1.807) is 4.68 Å². The Labute approximate surface area is 106 Å². The molecule has 0 aliphatic carbocycles. The van der Waals surface area contributed by atoms with Gasteiger partial charge in [0.05, 0.1) is 0 Å². The fourth-order valence-electron chi connectivity index (χ4n) is 1.84. The van der Waals surface area contributed by atoms with Crippen LogP contribution in [0.2, 0.25) is 0 Å². The van der Waals surface area contributed by atoms with Gasteiger partial charge in [-0.2, -0.15) is 0 Å². The standard InChI is InChI=1S/C14H17N3O/c1-10-8-9-11(2)17(10)16-14(18)13(15)12-6-4-3-5-7-12/h3-9,13H,15H2,1-2H3,(H,16,18). The Morgan fingerprint density at radius 3 is 2.22 bits per heavy atom. The van der Waals surface area contributed by atoms with Gasteiger partial charge in [-0.05, 0) is 31.5 Å². The van der Waals surface area contributed by atoms with E-state index >= 15 is 0 Å². The van der Waals surface area contributed by atoms with Crippen molar-refractivity contribution in [1.82, 2.24) is 4.68 Å². The first kappa shape index (κ1) is 12.4. The molecule has 2 aromatic rings. The predicted molar refractivity (Wildman–Crippen MR) is 71.6 cm³/mol. The predicted octanol–water partition coefficient (Wildman–Crippen LogP) is 1.88. The van der Waals surface area contributed by atoms with Gasteiger partial charge >= 0.3 is 0 Å². The van der Waals surface area contributed by atoms with Crippen LogP contribution in [-0.4, -0.2) is 10.6 Å². The largest absolute Gasteiger partial charge is 0.316 e. The van der Waals surface area contributed by atoms with Crippen LogP contribution in [0.4, 0.5) is 0 Å². The molecule has 0 saturated carbocycles. The molecule has 1 amide bonds. The van der Waals surface area contributed by atoms with Crippen LogP contribution in [0.25, 0.3) is 0 Å². The summed E-state index contributed by atoms with van der Waals surface area (Å²) in [6, 6.07) is 12.6. The molecule has 18 heavy (non-hydrogen) atoms. The average molecular weight is 243 g/mol. The summed E-state index contributed by atoms with van der Waals surface area (Å²) in [7, 11) is 0. The van der Waals surface area contributed by atoms with E-state index in [2.05, 4.69) is 5.43 Å². The Morgan fingerprint density at radius 2 is 1.67 bits per heavy atom. The Hall–Kier alpha value is -2.07. The molecule has 0 spiro atoms. The van der Waals surface area contributed by atoms with Crippen molar-refractivity contribution in [2.45, 2.75) is 19.9 Å². The summed E-state index contributed by atoms with van der Waals surface area (Å²) in [5, 5.41) is 0. The van der Waals surface area contributed by atoms with Crippen LogP contribution in [0.15, 0.2) is 42.5 Å². The lowest BCUT2D eigenvalue weighted by atomic mass is 10.1. The highest BCUT2D eigenvalue weighted by molar-refractivity contribution is 5.89. The number of amides is 1. The van der Waals surface area contributed by atoms with Crippen molar-refractivity contribution < 1.29 is 4.79 Å². The van der Waals surface area contributed by atoms with E-state index in [0.29, 0.717) is 0 Å². The van der Waals surface area contributed by atoms with E-state index < -0.39 is 6.04 Å². The quantitative estimate of drug-likeness (QED) is 0.864. The van der Waals surface area contributed by atoms with Crippen LogP contribution in [0.5, 0.6) is 0 Å². The normalized spacial score (nSPS) is 12.2. The first-order chi connectivity index (χ1) is 8.59. The number of aromatic nitrogens is 1. The molecule has 1 unspecified atom stereocenters. The maximum atomic E-state index is 12.1. The number of carbonyl (C=O) groups is 1. The zero-order valence-electron chi connectivity index (χ0n) is 10.6.